The first kappa shape index (κ1) is 15.1. The molecule has 0 saturated heterocycles. The Labute approximate surface area is 128 Å². The number of nitrogens with one attached hydrogen (secondary N) is 1. The van der Waals surface area contributed by atoms with Crippen molar-refractivity contribution in [2.75, 3.05) is 7.11 Å². The predicted molar refractivity (Wildman–Crippen MR) is 86.0 cm³/mol. The molecule has 0 aliphatic heterocycles. The van der Waals surface area contributed by atoms with Gasteiger partial charge in [0.15, 0.2) is 0 Å². The molecule has 0 fully saturated rings. The van der Waals surface area contributed by atoms with Gasteiger partial charge in [-0.25, -0.2) is 4.98 Å². The number of benzene rings is 1. The lowest BCUT2D eigenvalue weighted by Crippen LogP contribution is -1.99. The molecule has 0 aliphatic rings. The highest BCUT2D eigenvalue weighted by molar-refractivity contribution is 6.30. The summed E-state index contributed by atoms with van der Waals surface area (Å²) in [6, 6.07) is 9.49. The fourth-order valence-corrected chi connectivity index (χ4v) is 2.20. The Morgan fingerprint density at radius 1 is 1.43 bits per heavy atom. The van der Waals surface area contributed by atoms with Crippen LogP contribution in [0.5, 0.6) is 5.88 Å². The summed E-state index contributed by atoms with van der Waals surface area (Å²) in [4.78, 5) is 4.32. The van der Waals surface area contributed by atoms with E-state index in [4.69, 9.17) is 27.5 Å². The second-order valence-corrected chi connectivity index (χ2v) is 4.91. The van der Waals surface area contributed by atoms with E-state index in [0.29, 0.717) is 17.3 Å². The van der Waals surface area contributed by atoms with Crippen LogP contribution in [-0.4, -0.2) is 18.3 Å². The second kappa shape index (κ2) is 6.90. The molecule has 2 rings (SSSR count). The number of aromatic nitrogens is 1. The topological polar surface area (TPSA) is 72.0 Å². The zero-order valence-electron chi connectivity index (χ0n) is 11.6. The zero-order valence-corrected chi connectivity index (χ0v) is 12.4. The van der Waals surface area contributed by atoms with E-state index >= 15 is 0 Å². The molecule has 4 nitrogen and oxygen atoms in total. The van der Waals surface area contributed by atoms with E-state index in [0.717, 1.165) is 22.3 Å². The fraction of sp³-hybridized carbons (Fsp3) is 0.125. The molecule has 0 aliphatic carbocycles. The molecule has 3 N–H and O–H groups in total. The number of nitrogens with two attached hydrogens (primary N) is 1. The van der Waals surface area contributed by atoms with Crippen LogP contribution in [0.2, 0.25) is 5.02 Å². The number of hydrogen-bond donors (Lipinski definition) is 2. The van der Waals surface area contributed by atoms with Crippen molar-refractivity contribution in [1.29, 1.82) is 5.41 Å². The van der Waals surface area contributed by atoms with Crippen LogP contribution in [0.1, 0.15) is 5.56 Å². The number of methoxy groups -OCH3 is 1. The van der Waals surface area contributed by atoms with E-state index in [-0.39, 0.29) is 0 Å². The average Bonchev–Trinajstić information content (AvgIpc) is 2.52. The number of ether oxygens (including phenoxy) is 1. The van der Waals surface area contributed by atoms with Gasteiger partial charge in [0.2, 0.25) is 5.88 Å². The normalized spacial score (nSPS) is 11.2. The Morgan fingerprint density at radius 3 is 2.86 bits per heavy atom. The molecule has 1 aromatic heterocycles. The standard InChI is InChI=1S/C16H16ClN3O/c1-21-16-15(13-3-2-4-14(17)7-13)6-11(10-20-16)5-12(8-18)9-19/h2-4,6-10,18H,5,19H2,1H3/b12-9-,18-8?. The van der Waals surface area contributed by atoms with E-state index in [9.17, 15) is 0 Å². The molecule has 1 aromatic carbocycles. The minimum absolute atomic E-state index is 0.536. The monoisotopic (exact) mass is 301 g/mol. The van der Waals surface area contributed by atoms with Gasteiger partial charge in [-0.05, 0) is 41.1 Å². The lowest BCUT2D eigenvalue weighted by atomic mass is 10.0. The van der Waals surface area contributed by atoms with Crippen LogP contribution in [0.4, 0.5) is 0 Å². The lowest BCUT2D eigenvalue weighted by molar-refractivity contribution is 0.399. The average molecular weight is 302 g/mol. The maximum atomic E-state index is 7.30. The van der Waals surface area contributed by atoms with Crippen molar-refractivity contribution in [2.45, 2.75) is 6.42 Å². The highest BCUT2D eigenvalue weighted by Gasteiger charge is 2.10. The minimum atomic E-state index is 0.536. The van der Waals surface area contributed by atoms with E-state index in [2.05, 4.69) is 4.98 Å². The largest absolute Gasteiger partial charge is 0.481 e. The maximum absolute atomic E-state index is 7.30. The molecule has 0 atom stereocenters. The third-order valence-corrected chi connectivity index (χ3v) is 3.28. The van der Waals surface area contributed by atoms with Crippen molar-refractivity contribution < 1.29 is 4.74 Å². The first-order valence-electron chi connectivity index (χ1n) is 6.38. The SMILES string of the molecule is COc1ncc(C/C(C=N)=C/N)cc1-c1cccc(Cl)c1. The van der Waals surface area contributed by atoms with Crippen molar-refractivity contribution >= 4 is 17.8 Å². The van der Waals surface area contributed by atoms with Crippen molar-refractivity contribution in [3.8, 4) is 17.0 Å². The van der Waals surface area contributed by atoms with Crippen LogP contribution in [0.3, 0.4) is 0 Å². The Morgan fingerprint density at radius 2 is 2.24 bits per heavy atom. The maximum Gasteiger partial charge on any atom is 0.221 e. The summed E-state index contributed by atoms with van der Waals surface area (Å²) in [6.45, 7) is 0. The summed E-state index contributed by atoms with van der Waals surface area (Å²) in [5.41, 5.74) is 8.94. The third kappa shape index (κ3) is 3.61. The number of pyridine rings is 1. The molecule has 0 unspecified atom stereocenters. The van der Waals surface area contributed by atoms with Crippen molar-refractivity contribution in [3.63, 3.8) is 0 Å². The van der Waals surface area contributed by atoms with Gasteiger partial charge in [-0.15, -0.1) is 0 Å². The predicted octanol–water partition coefficient (Wildman–Crippen LogP) is 3.45. The molecule has 0 radical (unpaired) electrons. The van der Waals surface area contributed by atoms with E-state index in [1.54, 1.807) is 13.3 Å². The first-order chi connectivity index (χ1) is 10.2. The zero-order chi connectivity index (χ0) is 15.2. The van der Waals surface area contributed by atoms with Gasteiger partial charge in [0.1, 0.15) is 0 Å². The smallest absolute Gasteiger partial charge is 0.221 e. The molecule has 108 valence electrons. The number of allylic oxidation sites excluding steroid dienone is 1. The second-order valence-electron chi connectivity index (χ2n) is 4.47. The summed E-state index contributed by atoms with van der Waals surface area (Å²) in [5.74, 6) is 0.536. The van der Waals surface area contributed by atoms with Crippen LogP contribution in [0.15, 0.2) is 48.3 Å². The van der Waals surface area contributed by atoms with Crippen molar-refractivity contribution in [1.82, 2.24) is 4.98 Å². The Bertz CT molecular complexity index is 683. The summed E-state index contributed by atoms with van der Waals surface area (Å²) in [5, 5.41) is 7.95. The number of rotatable bonds is 5. The number of nitrogens with zero attached hydrogens (tertiary/aromatic N) is 1. The van der Waals surface area contributed by atoms with Gasteiger partial charge in [0, 0.05) is 29.4 Å². The van der Waals surface area contributed by atoms with Gasteiger partial charge in [-0.3, -0.25) is 0 Å². The quantitative estimate of drug-likeness (QED) is 0.831. The van der Waals surface area contributed by atoms with Gasteiger partial charge in [0.25, 0.3) is 0 Å². The van der Waals surface area contributed by atoms with Crippen LogP contribution in [-0.2, 0) is 6.42 Å². The third-order valence-electron chi connectivity index (χ3n) is 3.04. The van der Waals surface area contributed by atoms with Gasteiger partial charge in [-0.2, -0.15) is 0 Å². The van der Waals surface area contributed by atoms with Crippen molar-refractivity contribution in [2.24, 2.45) is 5.73 Å². The Kier molecular flexibility index (Phi) is 4.95. The van der Waals surface area contributed by atoms with Gasteiger partial charge in [0.05, 0.1) is 7.11 Å². The molecule has 0 amide bonds. The van der Waals surface area contributed by atoms with Crippen molar-refractivity contribution in [3.05, 3.63) is 58.9 Å². The van der Waals surface area contributed by atoms with Crippen LogP contribution < -0.4 is 10.5 Å². The molecular formula is C16H16ClN3O. The van der Waals surface area contributed by atoms with Gasteiger partial charge < -0.3 is 15.9 Å². The summed E-state index contributed by atoms with van der Waals surface area (Å²) >= 11 is 6.04. The van der Waals surface area contributed by atoms with Crippen LogP contribution in [0, 0.1) is 5.41 Å². The lowest BCUT2D eigenvalue weighted by Gasteiger charge is -2.10. The minimum Gasteiger partial charge on any atom is -0.481 e. The molecule has 1 heterocycles. The molecule has 21 heavy (non-hydrogen) atoms. The molecule has 5 heteroatoms. The van der Waals surface area contributed by atoms with Gasteiger partial charge >= 0.3 is 0 Å². The van der Waals surface area contributed by atoms with Crippen LogP contribution >= 0.6 is 11.6 Å². The summed E-state index contributed by atoms with van der Waals surface area (Å²) in [7, 11) is 1.58. The summed E-state index contributed by atoms with van der Waals surface area (Å²) in [6.07, 6.45) is 4.93. The first-order valence-corrected chi connectivity index (χ1v) is 6.75. The highest BCUT2D eigenvalue weighted by Crippen LogP contribution is 2.30. The Hall–Kier alpha value is -2.33. The molecular weight excluding hydrogens is 286 g/mol. The number of halogens is 1. The molecule has 0 bridgehead atoms. The molecule has 0 spiro atoms. The van der Waals surface area contributed by atoms with E-state index in [1.807, 2.05) is 30.3 Å². The fourth-order valence-electron chi connectivity index (χ4n) is 2.01. The van der Waals surface area contributed by atoms with E-state index in [1.165, 1.54) is 12.4 Å². The van der Waals surface area contributed by atoms with Gasteiger partial charge in [-0.1, -0.05) is 23.7 Å². The molecule has 2 aromatic rings. The summed E-state index contributed by atoms with van der Waals surface area (Å²) < 4.78 is 5.31. The number of hydrogen-bond acceptors (Lipinski definition) is 4. The molecule has 0 saturated carbocycles. The van der Waals surface area contributed by atoms with E-state index < -0.39 is 0 Å². The Balaban J connectivity index is 2.46. The highest BCUT2D eigenvalue weighted by atomic mass is 35.5. The van der Waals surface area contributed by atoms with Crippen LogP contribution in [0.25, 0.3) is 11.1 Å².